The van der Waals surface area contributed by atoms with E-state index in [2.05, 4.69) is 24.6 Å². The van der Waals surface area contributed by atoms with Gasteiger partial charge in [0.2, 0.25) is 10.0 Å². The lowest BCUT2D eigenvalue weighted by Gasteiger charge is -2.45. The maximum absolute atomic E-state index is 14.0. The molecule has 0 bridgehead atoms. The SMILES string of the molecule is Cc1cc(F)ccc1C1N=C(c2nccs2)N(C)C(C2CCN(S(=O)(=O)C3CC(C)(C(=O)OCC[Si](C)(C)C)C3)CC2)=C1C(=O)O. The first kappa shape index (κ1) is 34.4. The minimum Gasteiger partial charge on any atom is -0.478 e. The molecule has 3 aliphatic rings. The Kier molecular flexibility index (Phi) is 9.66. The number of amidine groups is 1. The maximum Gasteiger partial charge on any atom is 0.335 e. The highest BCUT2D eigenvalue weighted by Gasteiger charge is 2.54. The number of rotatable bonds is 10. The van der Waals surface area contributed by atoms with Crippen molar-refractivity contribution in [1.29, 1.82) is 0 Å². The van der Waals surface area contributed by atoms with Gasteiger partial charge in [0.1, 0.15) is 11.9 Å². The summed E-state index contributed by atoms with van der Waals surface area (Å²) in [5.41, 5.74) is 1.03. The van der Waals surface area contributed by atoms with E-state index in [0.29, 0.717) is 47.1 Å². The van der Waals surface area contributed by atoms with Crippen LogP contribution in [-0.4, -0.2) is 85.6 Å². The standard InChI is InChI=1S/C32H43FN4O6S2Si/c1-20-17-22(33)7-8-24(20)26-25(30(38)39)27(36(3)28(35-26)29-34-11-15-44-29)21-9-12-37(13-10-21)45(41,42)23-18-32(2,19-23)31(40)43-14-16-46(4,5)6/h7-8,11,15,17,21,23,26H,9-10,12-14,16,18-19H2,1-6H3,(H,38,39). The number of halogens is 1. The van der Waals surface area contributed by atoms with Crippen LogP contribution in [0.3, 0.4) is 0 Å². The van der Waals surface area contributed by atoms with Crippen molar-refractivity contribution in [3.8, 4) is 0 Å². The Hall–Kier alpha value is -2.94. The van der Waals surface area contributed by atoms with Gasteiger partial charge in [0.25, 0.3) is 0 Å². The number of esters is 1. The Bertz CT molecular complexity index is 1660. The average molecular weight is 691 g/mol. The van der Waals surface area contributed by atoms with Crippen LogP contribution in [0.15, 0.2) is 46.0 Å². The third kappa shape index (κ3) is 6.85. The topological polar surface area (TPSA) is 129 Å². The number of carboxylic acids is 1. The Labute approximate surface area is 275 Å². The van der Waals surface area contributed by atoms with Crippen molar-refractivity contribution in [1.82, 2.24) is 14.2 Å². The molecule has 0 amide bonds. The van der Waals surface area contributed by atoms with Gasteiger partial charge in [-0.2, -0.15) is 0 Å². The van der Waals surface area contributed by atoms with Gasteiger partial charge in [-0.05, 0) is 68.8 Å². The van der Waals surface area contributed by atoms with Crippen LogP contribution in [0.2, 0.25) is 25.7 Å². The minimum absolute atomic E-state index is 0.0984. The van der Waals surface area contributed by atoms with Gasteiger partial charge in [-0.25, -0.2) is 26.9 Å². The maximum atomic E-state index is 14.0. The Morgan fingerprint density at radius 3 is 2.43 bits per heavy atom. The molecule has 0 radical (unpaired) electrons. The molecule has 2 fully saturated rings. The molecule has 3 heterocycles. The van der Waals surface area contributed by atoms with Crippen LogP contribution in [0.25, 0.3) is 0 Å². The fourth-order valence-electron chi connectivity index (χ4n) is 6.67. The second-order valence-electron chi connectivity index (χ2n) is 14.1. The van der Waals surface area contributed by atoms with Gasteiger partial charge in [0.05, 0.1) is 22.8 Å². The molecule has 1 saturated heterocycles. The number of hydrogen-bond donors (Lipinski definition) is 1. The molecule has 1 saturated carbocycles. The number of carbonyl (C=O) groups excluding carboxylic acids is 1. The molecule has 1 N–H and O–H groups in total. The monoisotopic (exact) mass is 690 g/mol. The highest BCUT2D eigenvalue weighted by atomic mass is 32.2. The summed E-state index contributed by atoms with van der Waals surface area (Å²) in [6, 6.07) is 4.23. The summed E-state index contributed by atoms with van der Waals surface area (Å²) in [5.74, 6) is -1.61. The first-order valence-corrected chi connectivity index (χ1v) is 21.7. The number of aromatic nitrogens is 1. The van der Waals surface area contributed by atoms with E-state index in [1.165, 1.54) is 27.8 Å². The predicted molar refractivity (Wildman–Crippen MR) is 178 cm³/mol. The van der Waals surface area contributed by atoms with Gasteiger partial charge >= 0.3 is 11.9 Å². The summed E-state index contributed by atoms with van der Waals surface area (Å²) >= 11 is 1.39. The summed E-state index contributed by atoms with van der Waals surface area (Å²) < 4.78 is 48.4. The molecule has 14 heteroatoms. The molecule has 2 aliphatic heterocycles. The van der Waals surface area contributed by atoms with Gasteiger partial charge in [-0.1, -0.05) is 25.7 Å². The molecular formula is C32H43FN4O6S2Si. The molecule has 1 aliphatic carbocycles. The lowest BCUT2D eigenvalue weighted by atomic mass is 9.70. The molecular weight excluding hydrogens is 648 g/mol. The number of piperidine rings is 1. The molecule has 0 spiro atoms. The van der Waals surface area contributed by atoms with Crippen molar-refractivity contribution in [2.24, 2.45) is 16.3 Å². The van der Waals surface area contributed by atoms with Crippen molar-refractivity contribution in [2.75, 3.05) is 26.7 Å². The summed E-state index contributed by atoms with van der Waals surface area (Å²) in [6.45, 7) is 11.0. The number of carbonyl (C=O) groups is 2. The van der Waals surface area contributed by atoms with Crippen LogP contribution in [0.5, 0.6) is 0 Å². The summed E-state index contributed by atoms with van der Waals surface area (Å²) in [5, 5.41) is 12.3. The normalized spacial score (nSPS) is 24.8. The Balaban J connectivity index is 1.34. The van der Waals surface area contributed by atoms with Gasteiger partial charge in [-0.3, -0.25) is 9.79 Å². The number of ether oxygens (including phenoxy) is 1. The molecule has 2 aromatic rings. The second-order valence-corrected chi connectivity index (χ2v) is 22.8. The molecule has 1 aromatic heterocycles. The number of thiazole rings is 1. The van der Waals surface area contributed by atoms with Crippen LogP contribution < -0.4 is 0 Å². The van der Waals surface area contributed by atoms with E-state index < -0.39 is 46.6 Å². The zero-order valence-corrected chi connectivity index (χ0v) is 29.9. The molecule has 1 atom stereocenters. The fourth-order valence-corrected chi connectivity index (χ4v) is 10.4. The van der Waals surface area contributed by atoms with Crippen LogP contribution in [0.1, 0.15) is 54.8 Å². The van der Waals surface area contributed by atoms with Crippen LogP contribution in [0.4, 0.5) is 4.39 Å². The highest BCUT2D eigenvalue weighted by Crippen LogP contribution is 2.47. The van der Waals surface area contributed by atoms with E-state index in [1.54, 1.807) is 38.1 Å². The summed E-state index contributed by atoms with van der Waals surface area (Å²) in [7, 11) is -3.25. The highest BCUT2D eigenvalue weighted by molar-refractivity contribution is 7.89. The van der Waals surface area contributed by atoms with Crippen molar-refractivity contribution in [3.05, 3.63) is 63.0 Å². The third-order valence-corrected chi connectivity index (χ3v) is 14.2. The largest absolute Gasteiger partial charge is 0.478 e. The van der Waals surface area contributed by atoms with Crippen molar-refractivity contribution < 1.29 is 32.2 Å². The average Bonchev–Trinajstić information content (AvgIpc) is 3.49. The molecule has 250 valence electrons. The van der Waals surface area contributed by atoms with Crippen molar-refractivity contribution in [3.63, 3.8) is 0 Å². The second kappa shape index (κ2) is 12.9. The number of carboxylic acid groups (broad SMARTS) is 1. The fraction of sp³-hybridized carbons (Fsp3) is 0.562. The van der Waals surface area contributed by atoms with E-state index in [0.717, 1.165) is 6.04 Å². The Morgan fingerprint density at radius 2 is 1.87 bits per heavy atom. The first-order chi connectivity index (χ1) is 21.5. The van der Waals surface area contributed by atoms with Gasteiger partial charge in [0.15, 0.2) is 10.8 Å². The van der Waals surface area contributed by atoms with E-state index in [4.69, 9.17) is 9.73 Å². The Morgan fingerprint density at radius 1 is 1.20 bits per heavy atom. The smallest absolute Gasteiger partial charge is 0.335 e. The third-order valence-electron chi connectivity index (χ3n) is 9.42. The van der Waals surface area contributed by atoms with E-state index in [-0.39, 0.29) is 43.4 Å². The summed E-state index contributed by atoms with van der Waals surface area (Å²) in [6.07, 6.45) is 2.94. The zero-order valence-electron chi connectivity index (χ0n) is 27.2. The van der Waals surface area contributed by atoms with Crippen LogP contribution in [0, 0.1) is 24.1 Å². The molecule has 1 unspecified atom stereocenters. The number of aliphatic carboxylic acids is 1. The zero-order chi connectivity index (χ0) is 33.6. The first-order valence-electron chi connectivity index (χ1n) is 15.6. The minimum atomic E-state index is -3.66. The lowest BCUT2D eigenvalue weighted by Crippen LogP contribution is -2.54. The molecule has 10 nitrogen and oxygen atoms in total. The number of nitrogens with zero attached hydrogens (tertiary/aromatic N) is 4. The van der Waals surface area contributed by atoms with Gasteiger partial charge in [-0.15, -0.1) is 11.3 Å². The van der Waals surface area contributed by atoms with Crippen molar-refractivity contribution in [2.45, 2.75) is 76.5 Å². The van der Waals surface area contributed by atoms with Gasteiger partial charge < -0.3 is 14.7 Å². The van der Waals surface area contributed by atoms with Crippen molar-refractivity contribution >= 4 is 47.2 Å². The molecule has 1 aromatic carbocycles. The molecule has 5 rings (SSSR count). The van der Waals surface area contributed by atoms with E-state index in [1.807, 2.05) is 5.38 Å². The molecule has 46 heavy (non-hydrogen) atoms. The quantitative estimate of drug-likeness (QED) is 0.257. The van der Waals surface area contributed by atoms with Crippen LogP contribution >= 0.6 is 11.3 Å². The number of aryl methyl sites for hydroxylation is 1. The van der Waals surface area contributed by atoms with Crippen LogP contribution in [-0.2, 0) is 24.3 Å². The number of aliphatic imine (C=N–C) groups is 1. The summed E-state index contributed by atoms with van der Waals surface area (Å²) in [4.78, 5) is 36.8. The van der Waals surface area contributed by atoms with E-state index in [9.17, 15) is 27.5 Å². The predicted octanol–water partition coefficient (Wildman–Crippen LogP) is 5.45. The number of benzene rings is 1. The lowest BCUT2D eigenvalue weighted by molar-refractivity contribution is -0.159. The number of hydrogen-bond acceptors (Lipinski definition) is 9. The number of allylic oxidation sites excluding steroid dienone is 1. The van der Waals surface area contributed by atoms with E-state index >= 15 is 0 Å². The van der Waals surface area contributed by atoms with Gasteiger partial charge in [0, 0.05) is 51.4 Å². The number of sulfonamides is 1.